The van der Waals surface area contributed by atoms with E-state index in [1.165, 1.54) is 23.1 Å². The second kappa shape index (κ2) is 5.45. The molecular formula is C15H17FN2O2. The van der Waals surface area contributed by atoms with E-state index in [0.717, 1.165) is 0 Å². The lowest BCUT2D eigenvalue weighted by molar-refractivity contribution is -0.146. The van der Waals surface area contributed by atoms with Crippen molar-refractivity contribution in [1.29, 1.82) is 0 Å². The minimum absolute atomic E-state index is 0.170. The summed E-state index contributed by atoms with van der Waals surface area (Å²) in [6.07, 6.45) is 2.92. The van der Waals surface area contributed by atoms with E-state index < -0.39 is 5.54 Å². The Morgan fingerprint density at radius 2 is 2.20 bits per heavy atom. The van der Waals surface area contributed by atoms with Crippen LogP contribution in [-0.4, -0.2) is 35.3 Å². The summed E-state index contributed by atoms with van der Waals surface area (Å²) < 4.78 is 13.0. The summed E-state index contributed by atoms with van der Waals surface area (Å²) in [5.41, 5.74) is -0.264. The van der Waals surface area contributed by atoms with E-state index >= 15 is 0 Å². The first-order valence-electron chi connectivity index (χ1n) is 6.45. The molecule has 1 fully saturated rings. The summed E-state index contributed by atoms with van der Waals surface area (Å²) in [6.45, 7) is 4.32. The fourth-order valence-electron chi connectivity index (χ4n) is 2.15. The van der Waals surface area contributed by atoms with Gasteiger partial charge in [0.25, 0.3) is 0 Å². The van der Waals surface area contributed by atoms with E-state index in [-0.39, 0.29) is 17.6 Å². The van der Waals surface area contributed by atoms with Gasteiger partial charge in [0.05, 0.1) is 0 Å². The first-order chi connectivity index (χ1) is 9.41. The quantitative estimate of drug-likeness (QED) is 0.834. The van der Waals surface area contributed by atoms with Gasteiger partial charge in [0.1, 0.15) is 11.4 Å². The van der Waals surface area contributed by atoms with E-state index in [4.69, 9.17) is 0 Å². The normalized spacial score (nSPS) is 18.1. The van der Waals surface area contributed by atoms with Crippen LogP contribution >= 0.6 is 0 Å². The summed E-state index contributed by atoms with van der Waals surface area (Å²) in [5, 5.41) is 2.73. The van der Waals surface area contributed by atoms with Gasteiger partial charge in [-0.2, -0.15) is 0 Å². The van der Waals surface area contributed by atoms with Gasteiger partial charge in [-0.15, -0.1) is 0 Å². The van der Waals surface area contributed by atoms with Gasteiger partial charge in [-0.3, -0.25) is 9.59 Å². The predicted molar refractivity (Wildman–Crippen MR) is 74.2 cm³/mol. The molecule has 5 heteroatoms. The number of rotatable bonds is 2. The van der Waals surface area contributed by atoms with Crippen molar-refractivity contribution in [2.24, 2.45) is 0 Å². The summed E-state index contributed by atoms with van der Waals surface area (Å²) in [6, 6.07) is 5.98. The van der Waals surface area contributed by atoms with Crippen LogP contribution in [0.5, 0.6) is 0 Å². The number of nitrogens with zero attached hydrogens (tertiary/aromatic N) is 1. The maximum absolute atomic E-state index is 13.0. The molecule has 1 aliphatic heterocycles. The average Bonchev–Trinajstić information content (AvgIpc) is 2.39. The smallest absolute Gasteiger partial charge is 0.247 e. The van der Waals surface area contributed by atoms with Gasteiger partial charge in [0, 0.05) is 19.2 Å². The van der Waals surface area contributed by atoms with Gasteiger partial charge in [0.15, 0.2) is 0 Å². The summed E-state index contributed by atoms with van der Waals surface area (Å²) in [4.78, 5) is 25.5. The third-order valence-electron chi connectivity index (χ3n) is 3.38. The second-order valence-corrected chi connectivity index (χ2v) is 5.19. The van der Waals surface area contributed by atoms with Gasteiger partial charge in [-0.1, -0.05) is 12.1 Å². The standard InChI is InChI=1S/C15H17FN2O2/c1-15(2)14(20)17-8-9-18(15)13(19)7-6-11-4-3-5-12(16)10-11/h3-7,10H,8-9H2,1-2H3,(H,17,20). The number of carbonyl (C=O) groups is 2. The van der Waals surface area contributed by atoms with Crippen LogP contribution in [0, 0.1) is 5.82 Å². The predicted octanol–water partition coefficient (Wildman–Crippen LogP) is 1.58. The third-order valence-corrected chi connectivity index (χ3v) is 3.38. The zero-order valence-corrected chi connectivity index (χ0v) is 11.5. The molecule has 1 aliphatic rings. The fourth-order valence-corrected chi connectivity index (χ4v) is 2.15. The highest BCUT2D eigenvalue weighted by Gasteiger charge is 2.39. The summed E-state index contributed by atoms with van der Waals surface area (Å²) >= 11 is 0. The Morgan fingerprint density at radius 3 is 2.90 bits per heavy atom. The number of hydrogen-bond acceptors (Lipinski definition) is 2. The molecule has 1 heterocycles. The van der Waals surface area contributed by atoms with E-state index in [1.807, 2.05) is 0 Å². The summed E-state index contributed by atoms with van der Waals surface area (Å²) in [5.74, 6) is -0.775. The molecule has 106 valence electrons. The van der Waals surface area contributed by atoms with Crippen molar-refractivity contribution in [1.82, 2.24) is 10.2 Å². The van der Waals surface area contributed by atoms with Gasteiger partial charge in [-0.05, 0) is 37.6 Å². The lowest BCUT2D eigenvalue weighted by Crippen LogP contribution is -2.63. The molecule has 0 bridgehead atoms. The number of piperazine rings is 1. The first kappa shape index (κ1) is 14.2. The van der Waals surface area contributed by atoms with E-state index in [9.17, 15) is 14.0 Å². The van der Waals surface area contributed by atoms with Crippen molar-refractivity contribution in [3.63, 3.8) is 0 Å². The second-order valence-electron chi connectivity index (χ2n) is 5.19. The van der Waals surface area contributed by atoms with Crippen molar-refractivity contribution in [3.8, 4) is 0 Å². The number of hydrogen-bond donors (Lipinski definition) is 1. The maximum Gasteiger partial charge on any atom is 0.247 e. The Bertz CT molecular complexity index is 567. The summed E-state index contributed by atoms with van der Waals surface area (Å²) in [7, 11) is 0. The monoisotopic (exact) mass is 276 g/mol. The zero-order valence-electron chi connectivity index (χ0n) is 11.5. The molecule has 1 aromatic carbocycles. The molecule has 2 amide bonds. The molecule has 1 aromatic rings. The first-order valence-corrected chi connectivity index (χ1v) is 6.45. The highest BCUT2D eigenvalue weighted by molar-refractivity contribution is 5.97. The van der Waals surface area contributed by atoms with Crippen LogP contribution in [0.3, 0.4) is 0 Å². The van der Waals surface area contributed by atoms with Gasteiger partial charge < -0.3 is 10.2 Å². The minimum Gasteiger partial charge on any atom is -0.352 e. The van der Waals surface area contributed by atoms with Gasteiger partial charge >= 0.3 is 0 Å². The van der Waals surface area contributed by atoms with Crippen LogP contribution in [0.1, 0.15) is 19.4 Å². The molecular weight excluding hydrogens is 259 g/mol. The van der Waals surface area contributed by atoms with Crippen molar-refractivity contribution in [2.45, 2.75) is 19.4 Å². The van der Waals surface area contributed by atoms with Crippen LogP contribution < -0.4 is 5.32 Å². The van der Waals surface area contributed by atoms with Crippen LogP contribution in [0.2, 0.25) is 0 Å². The highest BCUT2D eigenvalue weighted by atomic mass is 19.1. The van der Waals surface area contributed by atoms with Gasteiger partial charge in [-0.25, -0.2) is 4.39 Å². The molecule has 20 heavy (non-hydrogen) atoms. The van der Waals surface area contributed by atoms with Crippen molar-refractivity contribution >= 4 is 17.9 Å². The van der Waals surface area contributed by atoms with E-state index in [2.05, 4.69) is 5.32 Å². The molecule has 0 saturated carbocycles. The molecule has 0 radical (unpaired) electrons. The number of benzene rings is 1. The molecule has 0 spiro atoms. The van der Waals surface area contributed by atoms with Crippen molar-refractivity contribution in [3.05, 3.63) is 41.7 Å². The molecule has 1 saturated heterocycles. The topological polar surface area (TPSA) is 49.4 Å². The molecule has 0 unspecified atom stereocenters. The molecule has 0 atom stereocenters. The lowest BCUT2D eigenvalue weighted by Gasteiger charge is -2.40. The maximum atomic E-state index is 13.0. The third kappa shape index (κ3) is 2.87. The minimum atomic E-state index is -0.873. The largest absolute Gasteiger partial charge is 0.352 e. The van der Waals surface area contributed by atoms with Crippen molar-refractivity contribution in [2.75, 3.05) is 13.1 Å². The van der Waals surface area contributed by atoms with Crippen LogP contribution in [-0.2, 0) is 9.59 Å². The van der Waals surface area contributed by atoms with Crippen LogP contribution in [0.25, 0.3) is 6.08 Å². The molecule has 2 rings (SSSR count). The number of carbonyl (C=O) groups excluding carboxylic acids is 2. The molecule has 1 N–H and O–H groups in total. The number of halogens is 1. The van der Waals surface area contributed by atoms with Gasteiger partial charge in [0.2, 0.25) is 11.8 Å². The Kier molecular flexibility index (Phi) is 3.88. The molecule has 0 aromatic heterocycles. The Hall–Kier alpha value is -2.17. The SMILES string of the molecule is CC1(C)C(=O)NCCN1C(=O)C=Cc1cccc(F)c1. The zero-order chi connectivity index (χ0) is 14.8. The molecule has 0 aliphatic carbocycles. The molecule has 4 nitrogen and oxygen atoms in total. The number of nitrogens with one attached hydrogen (secondary N) is 1. The van der Waals surface area contributed by atoms with Crippen LogP contribution in [0.15, 0.2) is 30.3 Å². The Balaban J connectivity index is 2.13. The average molecular weight is 276 g/mol. The highest BCUT2D eigenvalue weighted by Crippen LogP contribution is 2.18. The van der Waals surface area contributed by atoms with E-state index in [1.54, 1.807) is 32.1 Å². The Morgan fingerprint density at radius 1 is 1.45 bits per heavy atom. The number of amides is 2. The Labute approximate surface area is 117 Å². The van der Waals surface area contributed by atoms with E-state index in [0.29, 0.717) is 18.7 Å². The fraction of sp³-hybridized carbons (Fsp3) is 0.333. The van der Waals surface area contributed by atoms with Crippen molar-refractivity contribution < 1.29 is 14.0 Å². The van der Waals surface area contributed by atoms with Crippen LogP contribution in [0.4, 0.5) is 4.39 Å². The lowest BCUT2D eigenvalue weighted by atomic mass is 9.98.